The number of likely N-dealkylation sites (N-methyl/N-ethyl adjacent to an activating group) is 1. The zero-order valence-corrected chi connectivity index (χ0v) is 14.2. The number of nitrogens with zero attached hydrogens (tertiary/aromatic N) is 4. The second kappa shape index (κ2) is 7.79. The summed E-state index contributed by atoms with van der Waals surface area (Å²) in [4.78, 5) is 9.03. The van der Waals surface area contributed by atoms with E-state index in [-0.39, 0.29) is 6.04 Å². The molecule has 0 aromatic carbocycles. The van der Waals surface area contributed by atoms with Crippen molar-refractivity contribution in [3.05, 3.63) is 42.1 Å². The molecule has 0 spiro atoms. The van der Waals surface area contributed by atoms with Crippen LogP contribution in [0.2, 0.25) is 0 Å². The third-order valence-corrected chi connectivity index (χ3v) is 4.86. The van der Waals surface area contributed by atoms with Crippen LogP contribution in [0.15, 0.2) is 42.1 Å². The normalized spacial score (nSPS) is 21.7. The average Bonchev–Trinajstić information content (AvgIpc) is 2.99. The topological polar surface area (TPSA) is 50.3 Å². The number of likely N-dealkylation sites (tertiary alicyclic amines) is 1. The highest BCUT2D eigenvalue weighted by atomic mass is 15.2. The van der Waals surface area contributed by atoms with E-state index in [2.05, 4.69) is 38.6 Å². The Labute approximate surface area is 139 Å². The van der Waals surface area contributed by atoms with Crippen LogP contribution in [0.4, 0.5) is 0 Å². The molecule has 2 N–H and O–H groups in total. The summed E-state index contributed by atoms with van der Waals surface area (Å²) in [5, 5.41) is 0. The van der Waals surface area contributed by atoms with E-state index in [1.807, 2.05) is 18.7 Å². The van der Waals surface area contributed by atoms with E-state index < -0.39 is 0 Å². The van der Waals surface area contributed by atoms with Crippen LogP contribution in [0.1, 0.15) is 25.7 Å². The van der Waals surface area contributed by atoms with Crippen molar-refractivity contribution in [2.24, 2.45) is 5.73 Å². The van der Waals surface area contributed by atoms with Crippen molar-refractivity contribution in [2.45, 2.75) is 38.3 Å². The number of allylic oxidation sites excluding steroid dienone is 2. The van der Waals surface area contributed by atoms with E-state index in [1.165, 1.54) is 24.1 Å². The second-order valence-electron chi connectivity index (χ2n) is 6.72. The predicted molar refractivity (Wildman–Crippen MR) is 93.9 cm³/mol. The van der Waals surface area contributed by atoms with Crippen LogP contribution in [0.25, 0.3) is 0 Å². The molecule has 2 aliphatic rings. The highest BCUT2D eigenvalue weighted by Gasteiger charge is 2.21. The summed E-state index contributed by atoms with van der Waals surface area (Å²) in [6.07, 6.45) is 15.1. The lowest BCUT2D eigenvalue weighted by Gasteiger charge is -2.35. The van der Waals surface area contributed by atoms with Crippen LogP contribution < -0.4 is 5.73 Å². The maximum atomic E-state index is 6.21. The van der Waals surface area contributed by atoms with Crippen molar-refractivity contribution in [2.75, 3.05) is 33.2 Å². The van der Waals surface area contributed by atoms with Crippen LogP contribution in [0.5, 0.6) is 0 Å². The molecule has 126 valence electrons. The number of piperidine rings is 1. The van der Waals surface area contributed by atoms with Gasteiger partial charge in [-0.05, 0) is 44.4 Å². The molecule has 1 atom stereocenters. The Balaban J connectivity index is 1.52. The van der Waals surface area contributed by atoms with Crippen LogP contribution in [-0.2, 0) is 6.54 Å². The number of nitrogens with two attached hydrogens (primary N) is 1. The molecule has 1 aromatic rings. The van der Waals surface area contributed by atoms with E-state index in [0.29, 0.717) is 0 Å². The Morgan fingerprint density at radius 2 is 2.22 bits per heavy atom. The Kier molecular flexibility index (Phi) is 5.51. The summed E-state index contributed by atoms with van der Waals surface area (Å²) < 4.78 is 2.13. The van der Waals surface area contributed by atoms with Gasteiger partial charge >= 0.3 is 0 Å². The largest absolute Gasteiger partial charge is 0.370 e. The van der Waals surface area contributed by atoms with Crippen LogP contribution in [-0.4, -0.2) is 58.6 Å². The number of imidazole rings is 1. The molecule has 0 radical (unpaired) electrons. The van der Waals surface area contributed by atoms with Crippen molar-refractivity contribution in [1.82, 2.24) is 19.4 Å². The fraction of sp³-hybridized carbons (Fsp3) is 0.611. The van der Waals surface area contributed by atoms with Gasteiger partial charge in [0.1, 0.15) is 0 Å². The summed E-state index contributed by atoms with van der Waals surface area (Å²) in [5.41, 5.74) is 9.13. The minimum atomic E-state index is 0.207. The number of rotatable bonds is 6. The van der Waals surface area contributed by atoms with Crippen LogP contribution >= 0.6 is 0 Å². The minimum Gasteiger partial charge on any atom is -0.370 e. The van der Waals surface area contributed by atoms with E-state index >= 15 is 0 Å². The third kappa shape index (κ3) is 4.45. The Morgan fingerprint density at radius 1 is 1.35 bits per heavy atom. The standard InChI is InChI=1S/C18H29N5/c1-21(10-12-22-9-7-20-15-22)11-13-23-8-3-5-16-4-2-6-17(19)14-18(16)23/h4,7,9,14-15,17H,2-3,5-6,8,10-13,19H2,1H3. The van der Waals surface area contributed by atoms with E-state index in [0.717, 1.165) is 45.6 Å². The molecule has 0 bridgehead atoms. The van der Waals surface area contributed by atoms with Crippen molar-refractivity contribution < 1.29 is 0 Å². The van der Waals surface area contributed by atoms with Crippen molar-refractivity contribution in [1.29, 1.82) is 0 Å². The third-order valence-electron chi connectivity index (χ3n) is 4.86. The maximum absolute atomic E-state index is 6.21. The first-order valence-electron chi connectivity index (χ1n) is 8.78. The molecule has 2 heterocycles. The van der Waals surface area contributed by atoms with Crippen molar-refractivity contribution in [3.8, 4) is 0 Å². The van der Waals surface area contributed by atoms with Gasteiger partial charge in [0.25, 0.3) is 0 Å². The molecule has 23 heavy (non-hydrogen) atoms. The molecule has 5 nitrogen and oxygen atoms in total. The van der Waals surface area contributed by atoms with Gasteiger partial charge in [0.2, 0.25) is 0 Å². The molecule has 1 unspecified atom stereocenters. The minimum absolute atomic E-state index is 0.207. The van der Waals surface area contributed by atoms with Gasteiger partial charge in [-0.25, -0.2) is 4.98 Å². The fourth-order valence-corrected chi connectivity index (χ4v) is 3.41. The summed E-state index contributed by atoms with van der Waals surface area (Å²) >= 11 is 0. The van der Waals surface area contributed by atoms with Gasteiger partial charge in [-0.2, -0.15) is 0 Å². The number of hydrogen-bond acceptors (Lipinski definition) is 4. The zero-order chi connectivity index (χ0) is 16.1. The summed E-state index contributed by atoms with van der Waals surface area (Å²) in [6, 6.07) is 0.207. The smallest absolute Gasteiger partial charge is 0.0946 e. The molecule has 1 aliphatic carbocycles. The van der Waals surface area contributed by atoms with Crippen LogP contribution in [0.3, 0.4) is 0 Å². The summed E-state index contributed by atoms with van der Waals surface area (Å²) in [7, 11) is 2.20. The van der Waals surface area contributed by atoms with Gasteiger partial charge in [-0.15, -0.1) is 0 Å². The number of aromatic nitrogens is 2. The molecular formula is C18H29N5. The molecule has 1 saturated heterocycles. The average molecular weight is 315 g/mol. The Hall–Kier alpha value is -1.59. The lowest BCUT2D eigenvalue weighted by molar-refractivity contribution is 0.246. The highest BCUT2D eigenvalue weighted by Crippen LogP contribution is 2.29. The number of fused-ring (bicyclic) bond motifs is 1. The Morgan fingerprint density at radius 3 is 3.04 bits per heavy atom. The van der Waals surface area contributed by atoms with E-state index in [9.17, 15) is 0 Å². The molecule has 3 rings (SSSR count). The van der Waals surface area contributed by atoms with E-state index in [4.69, 9.17) is 5.73 Å². The van der Waals surface area contributed by atoms with Gasteiger partial charge in [-0.1, -0.05) is 6.08 Å². The Bertz CT molecular complexity index is 546. The van der Waals surface area contributed by atoms with Crippen molar-refractivity contribution in [3.63, 3.8) is 0 Å². The van der Waals surface area contributed by atoms with E-state index in [1.54, 1.807) is 0 Å². The SMILES string of the molecule is CN(CCN1CCCC2=CCCC(N)C=C21)CCn1ccnc1. The molecule has 1 fully saturated rings. The van der Waals surface area contributed by atoms with Gasteiger partial charge in [-0.3, -0.25) is 0 Å². The maximum Gasteiger partial charge on any atom is 0.0946 e. The molecular weight excluding hydrogens is 286 g/mol. The first-order valence-corrected chi connectivity index (χ1v) is 8.78. The monoisotopic (exact) mass is 315 g/mol. The molecule has 1 aromatic heterocycles. The number of hydrogen-bond donors (Lipinski definition) is 1. The zero-order valence-electron chi connectivity index (χ0n) is 14.2. The van der Waals surface area contributed by atoms with Gasteiger partial charge in [0.15, 0.2) is 0 Å². The molecule has 0 saturated carbocycles. The summed E-state index contributed by atoms with van der Waals surface area (Å²) in [5.74, 6) is 0. The quantitative estimate of drug-likeness (QED) is 0.870. The first kappa shape index (κ1) is 16.3. The van der Waals surface area contributed by atoms with Gasteiger partial charge < -0.3 is 20.1 Å². The predicted octanol–water partition coefficient (Wildman–Crippen LogP) is 1.84. The van der Waals surface area contributed by atoms with Crippen molar-refractivity contribution >= 4 is 0 Å². The fourth-order valence-electron chi connectivity index (χ4n) is 3.41. The highest BCUT2D eigenvalue weighted by molar-refractivity contribution is 5.34. The molecule has 5 heteroatoms. The van der Waals surface area contributed by atoms with Crippen LogP contribution in [0, 0.1) is 0 Å². The first-order chi connectivity index (χ1) is 11.2. The van der Waals surface area contributed by atoms with Gasteiger partial charge in [0.05, 0.1) is 6.33 Å². The summed E-state index contributed by atoms with van der Waals surface area (Å²) in [6.45, 7) is 5.36. The molecule has 1 aliphatic heterocycles. The lowest BCUT2D eigenvalue weighted by atomic mass is 10.00. The lowest BCUT2D eigenvalue weighted by Crippen LogP contribution is -2.37. The van der Waals surface area contributed by atoms with Gasteiger partial charge in [0, 0.05) is 56.9 Å². The molecule has 0 amide bonds. The second-order valence-corrected chi connectivity index (χ2v) is 6.72.